The molecule has 8 nitrogen and oxygen atoms in total. The Morgan fingerprint density at radius 2 is 0.492 bits per heavy atom. The SMILES string of the molecule is c1ccc(-c2ccc3c(c2)c2c4c5ccccc5n5c6cc(-c7ccccc7)ccc6c(cc2n3-c2nc(-c3ccc(-c6ccc(-c7ccc(-c8ccc9c(c8)c8c%10c%11ccccc%11n%11c%12cc(-c%13ccccc%13)ccc%12c(cc8n9-c8nc(-c9ccccc9)c9sc%12ccccc%12c9n8)c%10%11)cc7)cc6)cc3)c3sc6ccccc6c3n2)c45)cc1. The second-order valence-corrected chi connectivity index (χ2v) is 34.0. The molecule has 0 bridgehead atoms. The number of hydrogen-bond acceptors (Lipinski definition) is 6. The van der Waals surface area contributed by atoms with E-state index in [1.807, 2.05) is 0 Å². The number of aromatic nitrogens is 8. The molecule has 0 N–H and O–H groups in total. The highest BCUT2D eigenvalue weighted by Gasteiger charge is 2.31. The van der Waals surface area contributed by atoms with E-state index in [0.29, 0.717) is 11.9 Å². The average molecular weight is 1560 g/mol. The molecule has 0 spiro atoms. The van der Waals surface area contributed by atoms with E-state index in [0.717, 1.165) is 126 Å². The molecule has 0 unspecified atom stereocenters. The maximum atomic E-state index is 5.81. The van der Waals surface area contributed by atoms with Crippen molar-refractivity contribution in [1.82, 2.24) is 37.9 Å². The van der Waals surface area contributed by atoms with Crippen LogP contribution in [0, 0.1) is 0 Å². The number of nitrogens with zero attached hydrogens (tertiary/aromatic N) is 8. The first kappa shape index (κ1) is 65.8. The molecule has 27 aromatic rings. The van der Waals surface area contributed by atoms with E-state index in [2.05, 4.69) is 394 Å². The molecule has 0 atom stereocenters. The first-order valence-electron chi connectivity index (χ1n) is 40.8. The fraction of sp³-hybridized carbons (Fsp3) is 0. The van der Waals surface area contributed by atoms with Crippen LogP contribution in [-0.4, -0.2) is 37.9 Å². The lowest BCUT2D eigenvalue weighted by Crippen LogP contribution is -2.02. The van der Waals surface area contributed by atoms with Gasteiger partial charge in [-0.1, -0.05) is 303 Å². The molecule has 0 fully saturated rings. The molecule has 10 heterocycles. The lowest BCUT2D eigenvalue weighted by Gasteiger charge is -2.11. The van der Waals surface area contributed by atoms with Gasteiger partial charge in [-0.05, 0) is 140 Å². The van der Waals surface area contributed by atoms with Gasteiger partial charge in [0.1, 0.15) is 0 Å². The van der Waals surface area contributed by atoms with Gasteiger partial charge < -0.3 is 8.80 Å². The minimum Gasteiger partial charge on any atom is -0.308 e. The number of fused-ring (bicyclic) bond motifs is 26. The first-order chi connectivity index (χ1) is 59.5. The quantitative estimate of drug-likeness (QED) is 0.137. The molecule has 0 radical (unpaired) electrons. The highest BCUT2D eigenvalue weighted by molar-refractivity contribution is 7.26. The highest BCUT2D eigenvalue weighted by Crippen LogP contribution is 2.52. The number of benzene rings is 17. The molecule has 17 aromatic carbocycles. The number of thiophene rings is 2. The summed E-state index contributed by atoms with van der Waals surface area (Å²) in [6.07, 6.45) is 0. The van der Waals surface area contributed by atoms with Crippen LogP contribution in [-0.2, 0) is 0 Å². The van der Waals surface area contributed by atoms with Crippen LogP contribution in [0.4, 0.5) is 0 Å². The summed E-state index contributed by atoms with van der Waals surface area (Å²) in [7, 11) is 0. The van der Waals surface area contributed by atoms with E-state index in [1.54, 1.807) is 22.7 Å². The van der Waals surface area contributed by atoms with Gasteiger partial charge in [0.05, 0.1) is 87.0 Å². The zero-order chi connectivity index (χ0) is 78.1. The number of rotatable bonds is 10. The monoisotopic (exact) mass is 1560 g/mol. The summed E-state index contributed by atoms with van der Waals surface area (Å²) in [5.41, 5.74) is 31.1. The zero-order valence-electron chi connectivity index (χ0n) is 64.2. The molecule has 0 aliphatic heterocycles. The van der Waals surface area contributed by atoms with Gasteiger partial charge in [0, 0.05) is 95.9 Å². The minimum absolute atomic E-state index is 0.634. The minimum atomic E-state index is 0.634. The summed E-state index contributed by atoms with van der Waals surface area (Å²) < 4.78 is 14.2. The summed E-state index contributed by atoms with van der Waals surface area (Å²) in [6, 6.07) is 138. The van der Waals surface area contributed by atoms with Gasteiger partial charge in [0.25, 0.3) is 0 Å². The van der Waals surface area contributed by atoms with Crippen molar-refractivity contribution in [2.45, 2.75) is 0 Å². The van der Waals surface area contributed by atoms with Crippen molar-refractivity contribution < 1.29 is 0 Å². The molecule has 0 saturated carbocycles. The molecule has 554 valence electrons. The third-order valence-electron chi connectivity index (χ3n) is 25.5. The maximum Gasteiger partial charge on any atom is 0.235 e. The smallest absolute Gasteiger partial charge is 0.235 e. The van der Waals surface area contributed by atoms with Gasteiger partial charge in [-0.3, -0.25) is 9.13 Å². The van der Waals surface area contributed by atoms with Crippen LogP contribution in [0.1, 0.15) is 0 Å². The highest BCUT2D eigenvalue weighted by atomic mass is 32.1. The lowest BCUT2D eigenvalue weighted by molar-refractivity contribution is 1.02. The fourth-order valence-corrected chi connectivity index (χ4v) is 22.4. The van der Waals surface area contributed by atoms with Crippen molar-refractivity contribution in [3.05, 3.63) is 376 Å². The Labute approximate surface area is 693 Å². The lowest BCUT2D eigenvalue weighted by atomic mass is 9.96. The Hall–Kier alpha value is -15.5. The summed E-state index contributed by atoms with van der Waals surface area (Å²) in [6.45, 7) is 0. The molecule has 0 saturated heterocycles. The third-order valence-corrected chi connectivity index (χ3v) is 27.8. The average Bonchev–Trinajstić information content (AvgIpc) is 1.52. The van der Waals surface area contributed by atoms with E-state index in [1.165, 1.54) is 124 Å². The molecule has 10 aromatic heterocycles. The Kier molecular flexibility index (Phi) is 13.7. The summed E-state index contributed by atoms with van der Waals surface area (Å²) in [4.78, 5) is 22.9. The number of para-hydroxylation sites is 2. The molecule has 0 aliphatic carbocycles. The molecule has 10 heteroatoms. The van der Waals surface area contributed by atoms with Crippen molar-refractivity contribution in [3.63, 3.8) is 0 Å². The van der Waals surface area contributed by atoms with Gasteiger partial charge in [0.2, 0.25) is 11.9 Å². The van der Waals surface area contributed by atoms with Gasteiger partial charge in [0.15, 0.2) is 0 Å². The van der Waals surface area contributed by atoms with Crippen LogP contribution in [0.2, 0.25) is 0 Å². The Morgan fingerprint density at radius 1 is 0.183 bits per heavy atom. The van der Waals surface area contributed by atoms with Crippen molar-refractivity contribution in [3.8, 4) is 101 Å². The van der Waals surface area contributed by atoms with E-state index in [9.17, 15) is 0 Å². The Bertz CT molecular complexity index is 8990. The first-order valence-corrected chi connectivity index (χ1v) is 42.4. The van der Waals surface area contributed by atoms with Gasteiger partial charge in [-0.15, -0.1) is 22.7 Å². The summed E-state index contributed by atoms with van der Waals surface area (Å²) in [5, 5.41) is 16.6. The molecule has 120 heavy (non-hydrogen) atoms. The van der Waals surface area contributed by atoms with E-state index >= 15 is 0 Å². The van der Waals surface area contributed by atoms with Crippen LogP contribution in [0.15, 0.2) is 376 Å². The van der Waals surface area contributed by atoms with Gasteiger partial charge in [-0.2, -0.15) is 0 Å². The fourth-order valence-electron chi connectivity index (χ4n) is 20.0. The van der Waals surface area contributed by atoms with E-state index in [-0.39, 0.29) is 0 Å². The standard InChI is InChI=1S/C110H62N8S2/c1-5-21-63(22-6-1)73-51-55-89-85(57-73)97-93(61-83-77-53-49-75(64-23-7-2-8-24-64)59-91(77)115-87-33-17-13-29-79(87)99(97)105(83)115)118(89)110-112-102(108-104(114-110)82-32-16-20-36-96(82)120-108)72-47-45-69(46-48-72)67-39-37-66(38-40-67)68-41-43-70(44-42-68)74-52-56-90-86(58-74)98-94(117(90)109-111-101(71-27-11-4-12-28-71)107-103(113-109)81-31-15-19-35-95(81)119-107)62-84-78-54-50-76(65-25-9-3-10-26-65)60-92(78)116-88-34-18-14-30-80(88)100(98)106(84)116/h1-62H. The Morgan fingerprint density at radius 3 is 0.900 bits per heavy atom. The normalized spacial score (nSPS) is 12.3. The molecule has 0 amide bonds. The van der Waals surface area contributed by atoms with Gasteiger partial charge in [-0.25, -0.2) is 19.9 Å². The Balaban J connectivity index is 0.570. The predicted octanol–water partition coefficient (Wildman–Crippen LogP) is 29.8. The zero-order valence-corrected chi connectivity index (χ0v) is 65.8. The summed E-state index contributed by atoms with van der Waals surface area (Å²) >= 11 is 3.53. The maximum absolute atomic E-state index is 5.81. The predicted molar refractivity (Wildman–Crippen MR) is 505 cm³/mol. The van der Waals surface area contributed by atoms with E-state index < -0.39 is 0 Å². The molecule has 27 rings (SSSR count). The number of hydrogen-bond donors (Lipinski definition) is 0. The van der Waals surface area contributed by atoms with Crippen LogP contribution in [0.5, 0.6) is 0 Å². The van der Waals surface area contributed by atoms with Crippen molar-refractivity contribution in [1.29, 1.82) is 0 Å². The van der Waals surface area contributed by atoms with E-state index in [4.69, 9.17) is 19.9 Å². The van der Waals surface area contributed by atoms with Crippen molar-refractivity contribution in [2.24, 2.45) is 0 Å². The van der Waals surface area contributed by atoms with Crippen LogP contribution >= 0.6 is 22.7 Å². The van der Waals surface area contributed by atoms with Crippen molar-refractivity contribution >= 4 is 183 Å². The van der Waals surface area contributed by atoms with Crippen LogP contribution < -0.4 is 0 Å². The van der Waals surface area contributed by atoms with Gasteiger partial charge >= 0.3 is 0 Å². The van der Waals surface area contributed by atoms with Crippen LogP contribution in [0.25, 0.3) is 262 Å². The largest absolute Gasteiger partial charge is 0.308 e. The second-order valence-electron chi connectivity index (χ2n) is 31.9. The second kappa shape index (κ2) is 25.0. The molecule has 0 aliphatic rings. The topological polar surface area (TPSA) is 70.2 Å². The molecular weight excluding hydrogens is 1500 g/mol. The van der Waals surface area contributed by atoms with Crippen molar-refractivity contribution in [2.75, 3.05) is 0 Å². The third kappa shape index (κ3) is 9.45. The summed E-state index contributed by atoms with van der Waals surface area (Å²) in [5.74, 6) is 1.28. The van der Waals surface area contributed by atoms with Crippen LogP contribution in [0.3, 0.4) is 0 Å². The molecular formula is C110H62N8S2.